The molecule has 0 aliphatic carbocycles. The molecule has 116 valence electrons. The molecule has 3 heteroatoms. The van der Waals surface area contributed by atoms with Crippen molar-refractivity contribution in [1.29, 1.82) is 0 Å². The van der Waals surface area contributed by atoms with Gasteiger partial charge in [0.15, 0.2) is 0 Å². The van der Waals surface area contributed by atoms with Crippen LogP contribution in [0.25, 0.3) is 0 Å². The van der Waals surface area contributed by atoms with Crippen LogP contribution in [0.15, 0.2) is 17.1 Å². The van der Waals surface area contributed by atoms with Gasteiger partial charge in [-0.15, -0.1) is 0 Å². The molecule has 0 aromatic rings. The van der Waals surface area contributed by atoms with Gasteiger partial charge in [0.25, 0.3) is 0 Å². The molecular weight excluding hydrogens is 246 g/mol. The summed E-state index contributed by atoms with van der Waals surface area (Å²) in [5.41, 5.74) is 5.95. The lowest BCUT2D eigenvalue weighted by Crippen LogP contribution is -2.41. The molecule has 1 aliphatic rings. The molecule has 0 spiro atoms. The number of nitrogens with zero attached hydrogens (tertiary/aromatic N) is 2. The molecule has 1 aliphatic heterocycles. The smallest absolute Gasteiger partial charge is 0.100 e. The molecule has 2 N–H and O–H groups in total. The second-order valence-corrected chi connectivity index (χ2v) is 5.81. The summed E-state index contributed by atoms with van der Waals surface area (Å²) < 4.78 is 0. The maximum absolute atomic E-state index is 5.95. The van der Waals surface area contributed by atoms with Crippen molar-refractivity contribution in [2.24, 2.45) is 10.7 Å². The Hall–Kier alpha value is -0.830. The van der Waals surface area contributed by atoms with Crippen LogP contribution >= 0.6 is 0 Å². The van der Waals surface area contributed by atoms with Crippen LogP contribution in [0.5, 0.6) is 0 Å². The Labute approximate surface area is 125 Å². The van der Waals surface area contributed by atoms with Gasteiger partial charge >= 0.3 is 0 Å². The molecule has 0 radical (unpaired) electrons. The molecule has 0 bridgehead atoms. The van der Waals surface area contributed by atoms with Crippen LogP contribution < -0.4 is 5.73 Å². The van der Waals surface area contributed by atoms with Crippen LogP contribution in [0.3, 0.4) is 0 Å². The van der Waals surface area contributed by atoms with E-state index in [4.69, 9.17) is 5.73 Å². The first-order chi connectivity index (χ1) is 9.75. The van der Waals surface area contributed by atoms with E-state index in [1.165, 1.54) is 57.2 Å². The molecule has 0 saturated carbocycles. The molecule has 20 heavy (non-hydrogen) atoms. The van der Waals surface area contributed by atoms with Gasteiger partial charge in [0, 0.05) is 13.0 Å². The van der Waals surface area contributed by atoms with Gasteiger partial charge in [-0.3, -0.25) is 4.99 Å². The molecular formula is C17H33N3. The van der Waals surface area contributed by atoms with Crippen molar-refractivity contribution >= 4 is 5.84 Å². The molecule has 1 heterocycles. The zero-order valence-electron chi connectivity index (χ0n) is 13.5. The molecule has 1 atom stereocenters. The molecule has 1 rings (SSSR count). The number of allylic oxidation sites excluding steroid dienone is 2. The number of hydrogen-bond acceptors (Lipinski definition) is 3. The quantitative estimate of drug-likeness (QED) is 0.457. The van der Waals surface area contributed by atoms with Crippen molar-refractivity contribution in [2.75, 3.05) is 13.1 Å². The van der Waals surface area contributed by atoms with Crippen molar-refractivity contribution in [3.63, 3.8) is 0 Å². The Bertz CT molecular complexity index is 295. The van der Waals surface area contributed by atoms with Gasteiger partial charge in [-0.05, 0) is 33.1 Å². The van der Waals surface area contributed by atoms with E-state index in [2.05, 4.69) is 35.9 Å². The summed E-state index contributed by atoms with van der Waals surface area (Å²) in [6.07, 6.45) is 16.4. The molecule has 0 aromatic heterocycles. The maximum Gasteiger partial charge on any atom is 0.100 e. The number of amidine groups is 1. The third-order valence-electron chi connectivity index (χ3n) is 3.97. The molecule has 0 aromatic carbocycles. The maximum atomic E-state index is 5.95. The van der Waals surface area contributed by atoms with E-state index in [0.29, 0.717) is 0 Å². The van der Waals surface area contributed by atoms with Gasteiger partial charge in [0.05, 0.1) is 12.7 Å². The van der Waals surface area contributed by atoms with Crippen LogP contribution in [-0.2, 0) is 0 Å². The summed E-state index contributed by atoms with van der Waals surface area (Å²) in [6.45, 7) is 6.10. The average Bonchev–Trinajstić information content (AvgIpc) is 2.89. The van der Waals surface area contributed by atoms with Crippen molar-refractivity contribution in [1.82, 2.24) is 4.90 Å². The summed E-state index contributed by atoms with van der Waals surface area (Å²) in [5.74, 6) is 1.24. The van der Waals surface area contributed by atoms with Crippen LogP contribution in [-0.4, -0.2) is 30.0 Å². The highest BCUT2D eigenvalue weighted by molar-refractivity contribution is 5.83. The normalized spacial score (nSPS) is 16.9. The first-order valence-electron chi connectivity index (χ1n) is 8.42. The third kappa shape index (κ3) is 7.09. The molecule has 3 nitrogen and oxygen atoms in total. The lowest BCUT2D eigenvalue weighted by Gasteiger charge is -2.24. The summed E-state index contributed by atoms with van der Waals surface area (Å²) in [5, 5.41) is 0. The monoisotopic (exact) mass is 279 g/mol. The Morgan fingerprint density at radius 3 is 2.45 bits per heavy atom. The fourth-order valence-corrected chi connectivity index (χ4v) is 2.76. The van der Waals surface area contributed by atoms with E-state index in [0.717, 1.165) is 19.5 Å². The molecule has 0 fully saturated rings. The van der Waals surface area contributed by atoms with Gasteiger partial charge in [-0.2, -0.15) is 0 Å². The zero-order valence-corrected chi connectivity index (χ0v) is 13.5. The predicted octanol–water partition coefficient (Wildman–Crippen LogP) is 4.09. The number of rotatable bonds is 11. The Balaban J connectivity index is 1.92. The first-order valence-corrected chi connectivity index (χ1v) is 8.42. The van der Waals surface area contributed by atoms with Gasteiger partial charge in [0.2, 0.25) is 0 Å². The number of nitrogens with two attached hydrogens (primary N) is 1. The van der Waals surface area contributed by atoms with E-state index in [9.17, 15) is 0 Å². The molecule has 0 saturated heterocycles. The molecule has 1 unspecified atom stereocenters. The second-order valence-electron chi connectivity index (χ2n) is 5.81. The predicted molar refractivity (Wildman–Crippen MR) is 89.0 cm³/mol. The summed E-state index contributed by atoms with van der Waals surface area (Å²) in [6, 6.07) is 0. The number of hydrogen-bond donors (Lipinski definition) is 1. The Morgan fingerprint density at radius 1 is 1.15 bits per heavy atom. The standard InChI is InChI=1S/C17H33N3/c1-3-4-5-6-7-8-9-10-11-12-13-17-19-14-15-20(17)16(2)18/h3-4,16H,5-15,18H2,1-2H3/b4-3+. The second kappa shape index (κ2) is 10.9. The topological polar surface area (TPSA) is 41.6 Å². The highest BCUT2D eigenvalue weighted by Gasteiger charge is 2.18. The van der Waals surface area contributed by atoms with Crippen molar-refractivity contribution in [2.45, 2.75) is 77.8 Å². The fourth-order valence-electron chi connectivity index (χ4n) is 2.76. The van der Waals surface area contributed by atoms with Crippen LogP contribution in [0.1, 0.15) is 71.6 Å². The van der Waals surface area contributed by atoms with Gasteiger partial charge in [-0.25, -0.2) is 0 Å². The minimum Gasteiger partial charge on any atom is -0.343 e. The van der Waals surface area contributed by atoms with Crippen molar-refractivity contribution in [3.05, 3.63) is 12.2 Å². The van der Waals surface area contributed by atoms with E-state index in [-0.39, 0.29) is 6.17 Å². The SMILES string of the molecule is C/C=C/CCCCCCCCCC1=NCCN1C(C)N. The van der Waals surface area contributed by atoms with E-state index in [1.807, 2.05) is 0 Å². The van der Waals surface area contributed by atoms with Gasteiger partial charge < -0.3 is 10.6 Å². The van der Waals surface area contributed by atoms with Crippen LogP contribution in [0.2, 0.25) is 0 Å². The number of unbranched alkanes of at least 4 members (excludes halogenated alkanes) is 7. The van der Waals surface area contributed by atoms with E-state index < -0.39 is 0 Å². The van der Waals surface area contributed by atoms with Crippen LogP contribution in [0, 0.1) is 0 Å². The summed E-state index contributed by atoms with van der Waals surface area (Å²) in [4.78, 5) is 6.82. The minimum atomic E-state index is 0.119. The molecule has 0 amide bonds. The van der Waals surface area contributed by atoms with E-state index >= 15 is 0 Å². The fraction of sp³-hybridized carbons (Fsp3) is 0.824. The highest BCUT2D eigenvalue weighted by Crippen LogP contribution is 2.13. The van der Waals surface area contributed by atoms with Crippen LogP contribution in [0.4, 0.5) is 0 Å². The van der Waals surface area contributed by atoms with Crippen molar-refractivity contribution in [3.8, 4) is 0 Å². The Kier molecular flexibility index (Phi) is 9.38. The lowest BCUT2D eigenvalue weighted by atomic mass is 10.1. The Morgan fingerprint density at radius 2 is 1.80 bits per heavy atom. The summed E-state index contributed by atoms with van der Waals surface area (Å²) in [7, 11) is 0. The largest absolute Gasteiger partial charge is 0.343 e. The minimum absolute atomic E-state index is 0.119. The van der Waals surface area contributed by atoms with E-state index in [1.54, 1.807) is 0 Å². The lowest BCUT2D eigenvalue weighted by molar-refractivity contribution is 0.358. The zero-order chi connectivity index (χ0) is 14.6. The third-order valence-corrected chi connectivity index (χ3v) is 3.97. The van der Waals surface area contributed by atoms with Gasteiger partial charge in [-0.1, -0.05) is 44.3 Å². The highest BCUT2D eigenvalue weighted by atomic mass is 15.3. The van der Waals surface area contributed by atoms with Crippen molar-refractivity contribution < 1.29 is 0 Å². The first kappa shape index (κ1) is 17.2. The number of aliphatic imine (C=N–C) groups is 1. The van der Waals surface area contributed by atoms with Gasteiger partial charge in [0.1, 0.15) is 5.84 Å². The average molecular weight is 279 g/mol. The summed E-state index contributed by atoms with van der Waals surface area (Å²) >= 11 is 0.